The minimum atomic E-state index is -0.601. The minimum Gasteiger partial charge on any atom is -0.392 e. The number of likely N-dealkylation sites (N-methyl/N-ethyl adjacent to an activating group) is 1. The number of nitrogens with zero attached hydrogens (tertiary/aromatic N) is 1. The summed E-state index contributed by atoms with van der Waals surface area (Å²) in [5.74, 6) is 0.119. The summed E-state index contributed by atoms with van der Waals surface area (Å²) in [4.78, 5) is 16.5. The third-order valence-corrected chi connectivity index (χ3v) is 5.79. The number of thiophene rings is 1. The van der Waals surface area contributed by atoms with Gasteiger partial charge in [0.1, 0.15) is 0 Å². The fourth-order valence-corrected chi connectivity index (χ4v) is 4.09. The van der Waals surface area contributed by atoms with E-state index in [2.05, 4.69) is 11.4 Å². The molecule has 1 aromatic heterocycles. The summed E-state index contributed by atoms with van der Waals surface area (Å²) in [6.07, 6.45) is 6.96. The third kappa shape index (κ3) is 3.83. The van der Waals surface area contributed by atoms with Gasteiger partial charge in [0.25, 0.3) is 0 Å². The van der Waals surface area contributed by atoms with Crippen LogP contribution in [0.3, 0.4) is 0 Å². The van der Waals surface area contributed by atoms with E-state index in [0.29, 0.717) is 4.99 Å². The molecule has 0 saturated heterocycles. The molecule has 1 heterocycles. The van der Waals surface area contributed by atoms with Gasteiger partial charge in [0.2, 0.25) is 5.91 Å². The largest absolute Gasteiger partial charge is 0.392 e. The van der Waals surface area contributed by atoms with Gasteiger partial charge in [-0.15, -0.1) is 11.3 Å². The van der Waals surface area contributed by atoms with Crippen molar-refractivity contribution in [3.05, 3.63) is 22.4 Å². The van der Waals surface area contributed by atoms with Crippen molar-refractivity contribution in [3.8, 4) is 0 Å². The van der Waals surface area contributed by atoms with Gasteiger partial charge in [-0.1, -0.05) is 44.0 Å². The molecule has 2 N–H and O–H groups in total. The van der Waals surface area contributed by atoms with E-state index in [9.17, 15) is 4.79 Å². The molecule has 1 saturated carbocycles. The lowest BCUT2D eigenvalue weighted by Crippen LogP contribution is -2.49. The van der Waals surface area contributed by atoms with E-state index in [1.807, 2.05) is 18.0 Å². The second kappa shape index (κ2) is 7.36. The molecule has 0 bridgehead atoms. The average Bonchev–Trinajstić information content (AvgIpc) is 2.86. The minimum absolute atomic E-state index is 0.119. The van der Waals surface area contributed by atoms with Crippen molar-refractivity contribution in [2.24, 2.45) is 11.1 Å². The van der Waals surface area contributed by atoms with Crippen LogP contribution in [0.2, 0.25) is 0 Å². The summed E-state index contributed by atoms with van der Waals surface area (Å²) < 4.78 is 0. The average molecular weight is 325 g/mol. The van der Waals surface area contributed by atoms with Gasteiger partial charge in [0.15, 0.2) is 0 Å². The molecule has 0 aromatic carbocycles. The molecule has 0 radical (unpaired) electrons. The summed E-state index contributed by atoms with van der Waals surface area (Å²) >= 11 is 7.01. The van der Waals surface area contributed by atoms with E-state index >= 15 is 0 Å². The molecule has 3 nitrogen and oxygen atoms in total. The first kappa shape index (κ1) is 16.4. The predicted molar refractivity (Wildman–Crippen MR) is 92.6 cm³/mol. The smallest absolute Gasteiger partial charge is 0.235 e. The summed E-state index contributed by atoms with van der Waals surface area (Å²) in [6, 6.07) is 4.15. The molecular weight excluding hydrogens is 300 g/mol. The van der Waals surface area contributed by atoms with Gasteiger partial charge in [0.05, 0.1) is 10.4 Å². The standard InChI is InChI=1S/C16H24N2OS2/c1-18(11-8-13-7-6-12-21-13)15(19)16(14(17)20)9-4-2-3-5-10-16/h6-7,12H,2-5,8-11H2,1H3,(H2,17,20). The van der Waals surface area contributed by atoms with Gasteiger partial charge < -0.3 is 10.6 Å². The summed E-state index contributed by atoms with van der Waals surface area (Å²) in [7, 11) is 1.88. The molecule has 1 amide bonds. The van der Waals surface area contributed by atoms with Crippen LogP contribution in [0, 0.1) is 5.41 Å². The molecule has 21 heavy (non-hydrogen) atoms. The Bertz CT molecular complexity index is 476. The van der Waals surface area contributed by atoms with Crippen molar-refractivity contribution in [2.45, 2.75) is 44.9 Å². The Hall–Kier alpha value is -0.940. The maximum absolute atomic E-state index is 12.9. The number of nitrogens with two attached hydrogens (primary N) is 1. The zero-order chi connectivity index (χ0) is 15.3. The van der Waals surface area contributed by atoms with Crippen molar-refractivity contribution in [2.75, 3.05) is 13.6 Å². The van der Waals surface area contributed by atoms with Gasteiger partial charge in [-0.2, -0.15) is 0 Å². The number of rotatable bonds is 5. The molecule has 0 atom stereocenters. The number of amides is 1. The lowest BCUT2D eigenvalue weighted by atomic mass is 9.79. The monoisotopic (exact) mass is 324 g/mol. The molecule has 5 heteroatoms. The summed E-state index contributed by atoms with van der Waals surface area (Å²) in [5, 5.41) is 2.07. The first-order valence-corrected chi connectivity index (χ1v) is 8.93. The third-order valence-electron chi connectivity index (χ3n) is 4.46. The van der Waals surface area contributed by atoms with E-state index in [1.54, 1.807) is 11.3 Å². The highest BCUT2D eigenvalue weighted by Crippen LogP contribution is 2.37. The Morgan fingerprint density at radius 1 is 1.38 bits per heavy atom. The Labute approximate surface area is 136 Å². The highest BCUT2D eigenvalue weighted by molar-refractivity contribution is 7.80. The van der Waals surface area contributed by atoms with E-state index in [0.717, 1.165) is 38.6 Å². The number of hydrogen-bond donors (Lipinski definition) is 1. The summed E-state index contributed by atoms with van der Waals surface area (Å²) in [6.45, 7) is 0.726. The Morgan fingerprint density at radius 2 is 2.05 bits per heavy atom. The number of carbonyl (C=O) groups excluding carboxylic acids is 1. The van der Waals surface area contributed by atoms with Gasteiger partial charge in [-0.05, 0) is 30.7 Å². The van der Waals surface area contributed by atoms with E-state index in [-0.39, 0.29) is 5.91 Å². The van der Waals surface area contributed by atoms with Crippen molar-refractivity contribution in [1.29, 1.82) is 0 Å². The maximum atomic E-state index is 12.9. The van der Waals surface area contributed by atoms with Crippen molar-refractivity contribution in [1.82, 2.24) is 4.90 Å². The van der Waals surface area contributed by atoms with Crippen molar-refractivity contribution < 1.29 is 4.79 Å². The van der Waals surface area contributed by atoms with Crippen LogP contribution >= 0.6 is 23.6 Å². The quantitative estimate of drug-likeness (QED) is 0.667. The fourth-order valence-electron chi connectivity index (χ4n) is 3.10. The van der Waals surface area contributed by atoms with Gasteiger partial charge in [0, 0.05) is 18.5 Å². The number of carbonyl (C=O) groups is 1. The molecule has 0 unspecified atom stereocenters. The van der Waals surface area contributed by atoms with Crippen LogP contribution in [0.5, 0.6) is 0 Å². The van der Waals surface area contributed by atoms with Crippen LogP contribution in [-0.2, 0) is 11.2 Å². The molecule has 1 aliphatic rings. The predicted octanol–water partition coefficient (Wildman–Crippen LogP) is 3.38. The molecule has 1 aliphatic carbocycles. The van der Waals surface area contributed by atoms with Gasteiger partial charge >= 0.3 is 0 Å². The normalized spacial score (nSPS) is 18.0. The van der Waals surface area contributed by atoms with Crippen LogP contribution in [-0.4, -0.2) is 29.4 Å². The maximum Gasteiger partial charge on any atom is 0.235 e. The highest BCUT2D eigenvalue weighted by Gasteiger charge is 2.42. The van der Waals surface area contributed by atoms with Crippen LogP contribution in [0.25, 0.3) is 0 Å². The highest BCUT2D eigenvalue weighted by atomic mass is 32.1. The molecular formula is C16H24N2OS2. The molecule has 116 valence electrons. The SMILES string of the molecule is CN(CCc1cccs1)C(=O)C1(C(N)=S)CCCCCC1. The first-order chi connectivity index (χ1) is 10.1. The number of thiocarbonyl (C=S) groups is 1. The molecule has 2 rings (SSSR count). The molecule has 1 aromatic rings. The first-order valence-electron chi connectivity index (χ1n) is 7.64. The number of hydrogen-bond acceptors (Lipinski definition) is 3. The van der Waals surface area contributed by atoms with Crippen LogP contribution < -0.4 is 5.73 Å². The zero-order valence-corrected chi connectivity index (χ0v) is 14.3. The lowest BCUT2D eigenvalue weighted by molar-refractivity contribution is -0.137. The zero-order valence-electron chi connectivity index (χ0n) is 12.6. The van der Waals surface area contributed by atoms with Crippen LogP contribution in [0.1, 0.15) is 43.4 Å². The van der Waals surface area contributed by atoms with E-state index in [4.69, 9.17) is 18.0 Å². The summed E-state index contributed by atoms with van der Waals surface area (Å²) in [5.41, 5.74) is 5.39. The second-order valence-corrected chi connectivity index (χ2v) is 7.39. The molecule has 1 fully saturated rings. The molecule has 0 spiro atoms. The van der Waals surface area contributed by atoms with Crippen molar-refractivity contribution in [3.63, 3.8) is 0 Å². The van der Waals surface area contributed by atoms with Crippen LogP contribution in [0.4, 0.5) is 0 Å². The van der Waals surface area contributed by atoms with Gasteiger partial charge in [-0.3, -0.25) is 4.79 Å². The molecule has 0 aliphatic heterocycles. The van der Waals surface area contributed by atoms with Gasteiger partial charge in [-0.25, -0.2) is 0 Å². The van der Waals surface area contributed by atoms with E-state index in [1.165, 1.54) is 17.7 Å². The van der Waals surface area contributed by atoms with E-state index < -0.39 is 5.41 Å². The van der Waals surface area contributed by atoms with Crippen molar-refractivity contribution >= 4 is 34.5 Å². The second-order valence-electron chi connectivity index (χ2n) is 5.92. The lowest BCUT2D eigenvalue weighted by Gasteiger charge is -2.34. The fraction of sp³-hybridized carbons (Fsp3) is 0.625. The Balaban J connectivity index is 2.04. The topological polar surface area (TPSA) is 46.3 Å². The Morgan fingerprint density at radius 3 is 2.57 bits per heavy atom. The Kier molecular flexibility index (Phi) is 5.76. The van der Waals surface area contributed by atoms with Crippen LogP contribution in [0.15, 0.2) is 17.5 Å².